The average molecular weight is 220 g/mol. The van der Waals surface area contributed by atoms with Crippen LogP contribution in [0.25, 0.3) is 0 Å². The van der Waals surface area contributed by atoms with Crippen LogP contribution in [0, 0.1) is 5.92 Å². The number of nitrogens with one attached hydrogen (secondary N) is 1. The van der Waals surface area contributed by atoms with Gasteiger partial charge in [0.05, 0.1) is 18.9 Å². The fraction of sp³-hybridized carbons (Fsp3) is 0.615. The summed E-state index contributed by atoms with van der Waals surface area (Å²) in [5.41, 5.74) is 2.31. The number of ether oxygens (including phenoxy) is 1. The second-order valence-corrected chi connectivity index (χ2v) is 4.39. The molecule has 1 fully saturated rings. The first-order valence-corrected chi connectivity index (χ1v) is 6.10. The van der Waals surface area contributed by atoms with E-state index in [1.807, 2.05) is 6.20 Å². The molecule has 0 aliphatic carbocycles. The predicted molar refractivity (Wildman–Crippen MR) is 64.2 cm³/mol. The van der Waals surface area contributed by atoms with Crippen molar-refractivity contribution < 1.29 is 4.74 Å². The molecule has 1 aromatic rings. The molecule has 0 amide bonds. The van der Waals surface area contributed by atoms with Gasteiger partial charge in [-0.15, -0.1) is 0 Å². The quantitative estimate of drug-likeness (QED) is 0.821. The van der Waals surface area contributed by atoms with Gasteiger partial charge in [0.1, 0.15) is 0 Å². The Balaban J connectivity index is 1.71. The zero-order valence-corrected chi connectivity index (χ0v) is 9.91. The van der Waals surface area contributed by atoms with Crippen LogP contribution in [0.1, 0.15) is 24.6 Å². The Labute approximate surface area is 97.2 Å². The zero-order chi connectivity index (χ0) is 11.2. The first kappa shape index (κ1) is 11.6. The molecule has 3 nitrogen and oxygen atoms in total. The van der Waals surface area contributed by atoms with Gasteiger partial charge >= 0.3 is 0 Å². The van der Waals surface area contributed by atoms with Gasteiger partial charge in [0, 0.05) is 12.7 Å². The van der Waals surface area contributed by atoms with Crippen molar-refractivity contribution in [3.05, 3.63) is 29.6 Å². The summed E-state index contributed by atoms with van der Waals surface area (Å²) < 4.78 is 5.67. The minimum Gasteiger partial charge on any atom is -0.375 e. The van der Waals surface area contributed by atoms with Crippen molar-refractivity contribution in [2.45, 2.75) is 26.4 Å². The molecule has 88 valence electrons. The second-order valence-electron chi connectivity index (χ2n) is 4.39. The van der Waals surface area contributed by atoms with Gasteiger partial charge in [-0.25, -0.2) is 0 Å². The lowest BCUT2D eigenvalue weighted by Gasteiger charge is -2.09. The van der Waals surface area contributed by atoms with Gasteiger partial charge in [0.25, 0.3) is 0 Å². The number of pyridine rings is 1. The summed E-state index contributed by atoms with van der Waals surface area (Å²) in [6.07, 6.45) is 4.22. The molecular weight excluding hydrogens is 200 g/mol. The molecule has 3 heteroatoms. The van der Waals surface area contributed by atoms with Crippen molar-refractivity contribution in [3.63, 3.8) is 0 Å². The largest absolute Gasteiger partial charge is 0.375 e. The van der Waals surface area contributed by atoms with Crippen molar-refractivity contribution in [3.8, 4) is 0 Å². The van der Waals surface area contributed by atoms with E-state index in [4.69, 9.17) is 4.74 Å². The van der Waals surface area contributed by atoms with Crippen LogP contribution in [-0.2, 0) is 17.8 Å². The van der Waals surface area contributed by atoms with Crippen LogP contribution < -0.4 is 5.32 Å². The summed E-state index contributed by atoms with van der Waals surface area (Å²) in [6.45, 7) is 5.87. The Hall–Kier alpha value is -0.930. The van der Waals surface area contributed by atoms with Crippen LogP contribution >= 0.6 is 0 Å². The average Bonchev–Trinajstić information content (AvgIpc) is 2.83. The van der Waals surface area contributed by atoms with Crippen LogP contribution in [0.3, 0.4) is 0 Å². The SMILES string of the molecule is CCc1ccc(COC[C@H]2CCNC2)nc1. The molecule has 2 heterocycles. The van der Waals surface area contributed by atoms with Gasteiger partial charge in [-0.2, -0.15) is 0 Å². The van der Waals surface area contributed by atoms with Crippen LogP contribution in [0.15, 0.2) is 18.3 Å². The first-order valence-electron chi connectivity index (χ1n) is 6.10. The third-order valence-electron chi connectivity index (χ3n) is 3.06. The predicted octanol–water partition coefficient (Wildman–Crippen LogP) is 1.77. The van der Waals surface area contributed by atoms with E-state index < -0.39 is 0 Å². The van der Waals surface area contributed by atoms with E-state index in [0.29, 0.717) is 12.5 Å². The first-order chi connectivity index (χ1) is 7.88. The molecule has 1 N–H and O–H groups in total. The highest BCUT2D eigenvalue weighted by Gasteiger charge is 2.14. The van der Waals surface area contributed by atoms with E-state index in [-0.39, 0.29) is 0 Å². The monoisotopic (exact) mass is 220 g/mol. The highest BCUT2D eigenvalue weighted by molar-refractivity contribution is 5.13. The van der Waals surface area contributed by atoms with E-state index in [2.05, 4.69) is 29.4 Å². The molecule has 1 aromatic heterocycles. The summed E-state index contributed by atoms with van der Waals surface area (Å²) in [7, 11) is 0. The molecule has 1 aliphatic rings. The normalized spacial score (nSPS) is 20.2. The Morgan fingerprint density at radius 3 is 3.06 bits per heavy atom. The number of aromatic nitrogens is 1. The van der Waals surface area contributed by atoms with Crippen LogP contribution in [0.5, 0.6) is 0 Å². The van der Waals surface area contributed by atoms with Crippen molar-refractivity contribution in [1.82, 2.24) is 10.3 Å². The van der Waals surface area contributed by atoms with Crippen LogP contribution in [-0.4, -0.2) is 24.7 Å². The highest BCUT2D eigenvalue weighted by Crippen LogP contribution is 2.09. The van der Waals surface area contributed by atoms with E-state index in [9.17, 15) is 0 Å². The minimum atomic E-state index is 0.639. The Morgan fingerprint density at radius 2 is 2.44 bits per heavy atom. The van der Waals surface area contributed by atoms with E-state index in [1.54, 1.807) is 0 Å². The van der Waals surface area contributed by atoms with Gasteiger partial charge in [-0.1, -0.05) is 13.0 Å². The van der Waals surface area contributed by atoms with Crippen molar-refractivity contribution in [2.75, 3.05) is 19.7 Å². The molecule has 0 saturated carbocycles. The zero-order valence-electron chi connectivity index (χ0n) is 9.91. The van der Waals surface area contributed by atoms with Crippen molar-refractivity contribution >= 4 is 0 Å². The van der Waals surface area contributed by atoms with E-state index in [0.717, 1.165) is 31.8 Å². The van der Waals surface area contributed by atoms with E-state index in [1.165, 1.54) is 12.0 Å². The Bertz CT molecular complexity index is 304. The summed E-state index contributed by atoms with van der Waals surface area (Å²) in [5, 5.41) is 3.34. The van der Waals surface area contributed by atoms with Crippen molar-refractivity contribution in [1.29, 1.82) is 0 Å². The Morgan fingerprint density at radius 1 is 1.50 bits per heavy atom. The molecule has 16 heavy (non-hydrogen) atoms. The maximum atomic E-state index is 5.67. The summed E-state index contributed by atoms with van der Waals surface area (Å²) >= 11 is 0. The molecule has 0 bridgehead atoms. The topological polar surface area (TPSA) is 34.1 Å². The summed E-state index contributed by atoms with van der Waals surface area (Å²) in [4.78, 5) is 4.37. The molecule has 0 aromatic carbocycles. The van der Waals surface area contributed by atoms with E-state index >= 15 is 0 Å². The number of hydrogen-bond acceptors (Lipinski definition) is 3. The molecule has 0 radical (unpaired) electrons. The third kappa shape index (κ3) is 3.29. The van der Waals surface area contributed by atoms with Gasteiger partial charge in [0.15, 0.2) is 0 Å². The standard InChI is InChI=1S/C13H20N2O/c1-2-11-3-4-13(15-8-11)10-16-9-12-5-6-14-7-12/h3-4,8,12,14H,2,5-7,9-10H2,1H3/t12-/m0/s1. The molecule has 0 spiro atoms. The number of hydrogen-bond donors (Lipinski definition) is 1. The molecule has 1 atom stereocenters. The number of nitrogens with zero attached hydrogens (tertiary/aromatic N) is 1. The fourth-order valence-electron chi connectivity index (χ4n) is 1.94. The molecule has 0 unspecified atom stereocenters. The van der Waals surface area contributed by atoms with Gasteiger partial charge in [-0.3, -0.25) is 4.98 Å². The molecule has 1 aliphatic heterocycles. The van der Waals surface area contributed by atoms with Crippen LogP contribution in [0.4, 0.5) is 0 Å². The Kier molecular flexibility index (Phi) is 4.31. The lowest BCUT2D eigenvalue weighted by molar-refractivity contribution is 0.0902. The third-order valence-corrected chi connectivity index (χ3v) is 3.06. The lowest BCUT2D eigenvalue weighted by atomic mass is 10.1. The highest BCUT2D eigenvalue weighted by atomic mass is 16.5. The fourth-order valence-corrected chi connectivity index (χ4v) is 1.94. The van der Waals surface area contributed by atoms with Gasteiger partial charge in [0.2, 0.25) is 0 Å². The van der Waals surface area contributed by atoms with Gasteiger partial charge < -0.3 is 10.1 Å². The maximum absolute atomic E-state index is 5.67. The molecule has 2 rings (SSSR count). The van der Waals surface area contributed by atoms with Crippen molar-refractivity contribution in [2.24, 2.45) is 5.92 Å². The minimum absolute atomic E-state index is 0.639. The van der Waals surface area contributed by atoms with Gasteiger partial charge in [-0.05, 0) is 36.9 Å². The van der Waals surface area contributed by atoms with Crippen LogP contribution in [0.2, 0.25) is 0 Å². The smallest absolute Gasteiger partial charge is 0.0887 e. The molecular formula is C13H20N2O. The number of aryl methyl sites for hydroxylation is 1. The maximum Gasteiger partial charge on any atom is 0.0887 e. The summed E-state index contributed by atoms with van der Waals surface area (Å²) in [6, 6.07) is 4.19. The number of rotatable bonds is 5. The second kappa shape index (κ2) is 5.97. The summed E-state index contributed by atoms with van der Waals surface area (Å²) in [5.74, 6) is 0.690. The molecule has 1 saturated heterocycles. The lowest BCUT2D eigenvalue weighted by Crippen LogP contribution is -2.13.